The molecular formula is C16H20FNO4. The van der Waals surface area contributed by atoms with Gasteiger partial charge in [-0.25, -0.2) is 14.0 Å². The third-order valence-corrected chi connectivity index (χ3v) is 2.54. The fourth-order valence-electron chi connectivity index (χ4n) is 1.63. The largest absolute Gasteiger partial charge is 0.478 e. The van der Waals surface area contributed by atoms with Crippen molar-refractivity contribution < 1.29 is 23.8 Å². The topological polar surface area (TPSA) is 75.6 Å². The number of ether oxygens (including phenoxy) is 1. The average Bonchev–Trinajstić information content (AvgIpc) is 2.37. The number of nitrogens with one attached hydrogen (secondary N) is 1. The molecule has 0 aliphatic heterocycles. The second kappa shape index (κ2) is 7.59. The maximum absolute atomic E-state index is 13.8. The normalized spacial score (nSPS) is 11.5. The van der Waals surface area contributed by atoms with Crippen LogP contribution in [0.5, 0.6) is 0 Å². The summed E-state index contributed by atoms with van der Waals surface area (Å²) in [7, 11) is 0. The lowest BCUT2D eigenvalue weighted by Gasteiger charge is -2.19. The fourth-order valence-corrected chi connectivity index (χ4v) is 1.63. The van der Waals surface area contributed by atoms with Crippen LogP contribution in [0.3, 0.4) is 0 Å². The van der Waals surface area contributed by atoms with Crippen LogP contribution in [0.2, 0.25) is 0 Å². The lowest BCUT2D eigenvalue weighted by atomic mass is 10.1. The average molecular weight is 309 g/mol. The molecule has 0 aromatic heterocycles. The van der Waals surface area contributed by atoms with E-state index >= 15 is 0 Å². The molecule has 0 spiro atoms. The maximum atomic E-state index is 13.8. The smallest absolute Gasteiger partial charge is 0.407 e. The molecule has 0 aliphatic carbocycles. The highest BCUT2D eigenvalue weighted by Crippen LogP contribution is 2.14. The number of benzene rings is 1. The molecule has 0 heterocycles. The van der Waals surface area contributed by atoms with Crippen molar-refractivity contribution in [1.82, 2.24) is 5.32 Å². The van der Waals surface area contributed by atoms with E-state index in [-0.39, 0.29) is 11.1 Å². The van der Waals surface area contributed by atoms with Crippen molar-refractivity contribution in [2.75, 3.05) is 6.54 Å². The number of aromatic carboxylic acids is 1. The molecule has 1 amide bonds. The quantitative estimate of drug-likeness (QED) is 0.817. The van der Waals surface area contributed by atoms with Crippen molar-refractivity contribution in [1.29, 1.82) is 0 Å². The van der Waals surface area contributed by atoms with Gasteiger partial charge in [0.25, 0.3) is 0 Å². The lowest BCUT2D eigenvalue weighted by Crippen LogP contribution is -2.32. The number of rotatable bonds is 5. The molecule has 0 saturated heterocycles. The van der Waals surface area contributed by atoms with Gasteiger partial charge in [0.1, 0.15) is 11.4 Å². The van der Waals surface area contributed by atoms with Gasteiger partial charge in [0, 0.05) is 12.1 Å². The zero-order chi connectivity index (χ0) is 16.8. The van der Waals surface area contributed by atoms with Gasteiger partial charge in [0.2, 0.25) is 0 Å². The fraction of sp³-hybridized carbons (Fsp3) is 0.375. The van der Waals surface area contributed by atoms with Crippen molar-refractivity contribution >= 4 is 18.1 Å². The molecule has 0 radical (unpaired) electrons. The summed E-state index contributed by atoms with van der Waals surface area (Å²) in [5, 5.41) is 11.4. The van der Waals surface area contributed by atoms with Crippen molar-refractivity contribution in [2.45, 2.75) is 32.8 Å². The number of alkyl carbamates (subject to hydrolysis) is 1. The molecular weight excluding hydrogens is 289 g/mol. The van der Waals surface area contributed by atoms with Gasteiger partial charge in [0.15, 0.2) is 0 Å². The number of carbonyl (C=O) groups excluding carboxylic acids is 1. The van der Waals surface area contributed by atoms with Gasteiger partial charge in [0.05, 0.1) is 5.56 Å². The first-order valence-corrected chi connectivity index (χ1v) is 6.86. The standard InChI is InChI=1S/C16H20FNO4/c1-16(2,3)22-15(21)18-10-5-4-7-11-8-6-9-12(13(11)17)14(19)20/h4,6-9H,5,10H2,1-3H3,(H,18,21)(H,19,20). The van der Waals surface area contributed by atoms with Crippen LogP contribution in [0.4, 0.5) is 9.18 Å². The molecule has 1 rings (SSSR count). The van der Waals surface area contributed by atoms with Gasteiger partial charge < -0.3 is 15.2 Å². The van der Waals surface area contributed by atoms with E-state index < -0.39 is 23.5 Å². The second-order valence-electron chi connectivity index (χ2n) is 5.63. The highest BCUT2D eigenvalue weighted by Gasteiger charge is 2.15. The number of carboxylic acids is 1. The predicted molar refractivity (Wildman–Crippen MR) is 81.2 cm³/mol. The van der Waals surface area contributed by atoms with Crippen LogP contribution in [-0.2, 0) is 4.74 Å². The summed E-state index contributed by atoms with van der Waals surface area (Å²) in [6.45, 7) is 5.64. The van der Waals surface area contributed by atoms with Gasteiger partial charge in [-0.2, -0.15) is 0 Å². The molecule has 1 aromatic carbocycles. The van der Waals surface area contributed by atoms with Gasteiger partial charge >= 0.3 is 12.1 Å². The number of hydrogen-bond donors (Lipinski definition) is 2. The van der Waals surface area contributed by atoms with Crippen LogP contribution in [0.15, 0.2) is 24.3 Å². The zero-order valence-corrected chi connectivity index (χ0v) is 12.9. The molecule has 120 valence electrons. The third kappa shape index (κ3) is 5.95. The molecule has 1 aromatic rings. The Morgan fingerprint density at radius 1 is 1.36 bits per heavy atom. The third-order valence-electron chi connectivity index (χ3n) is 2.54. The lowest BCUT2D eigenvalue weighted by molar-refractivity contribution is 0.0528. The van der Waals surface area contributed by atoms with E-state index in [0.29, 0.717) is 13.0 Å². The second-order valence-corrected chi connectivity index (χ2v) is 5.63. The molecule has 0 atom stereocenters. The molecule has 0 saturated carbocycles. The van der Waals surface area contributed by atoms with E-state index in [2.05, 4.69) is 5.32 Å². The molecule has 5 nitrogen and oxygen atoms in total. The van der Waals surface area contributed by atoms with Crippen molar-refractivity contribution in [3.63, 3.8) is 0 Å². The first kappa shape index (κ1) is 17.7. The number of hydrogen-bond acceptors (Lipinski definition) is 3. The monoisotopic (exact) mass is 309 g/mol. The highest BCUT2D eigenvalue weighted by molar-refractivity contribution is 5.88. The molecule has 0 unspecified atom stereocenters. The maximum Gasteiger partial charge on any atom is 0.407 e. The Bertz CT molecular complexity index is 576. The van der Waals surface area contributed by atoms with Crippen molar-refractivity contribution in [2.24, 2.45) is 0 Å². The zero-order valence-electron chi connectivity index (χ0n) is 12.9. The SMILES string of the molecule is CC(C)(C)OC(=O)NCCC=Cc1cccc(C(=O)O)c1F. The minimum atomic E-state index is -1.31. The van der Waals surface area contributed by atoms with Crippen LogP contribution in [0.25, 0.3) is 6.08 Å². The number of carbonyl (C=O) groups is 2. The number of halogens is 1. The summed E-state index contributed by atoms with van der Waals surface area (Å²) in [6.07, 6.45) is 3.09. The van der Waals surface area contributed by atoms with Crippen molar-refractivity contribution in [3.05, 3.63) is 41.2 Å². The van der Waals surface area contributed by atoms with E-state index in [1.165, 1.54) is 24.3 Å². The van der Waals surface area contributed by atoms with Gasteiger partial charge in [-0.05, 0) is 33.3 Å². The molecule has 0 bridgehead atoms. The van der Waals surface area contributed by atoms with Crippen LogP contribution >= 0.6 is 0 Å². The summed E-state index contributed by atoms with van der Waals surface area (Å²) in [5.41, 5.74) is -0.730. The number of carboxylic acid groups (broad SMARTS) is 1. The highest BCUT2D eigenvalue weighted by atomic mass is 19.1. The Morgan fingerprint density at radius 2 is 2.05 bits per heavy atom. The minimum absolute atomic E-state index is 0.192. The number of amides is 1. The Hall–Kier alpha value is -2.37. The Balaban J connectivity index is 2.49. The van der Waals surface area contributed by atoms with Gasteiger partial charge in [-0.3, -0.25) is 0 Å². The molecule has 0 fully saturated rings. The van der Waals surface area contributed by atoms with Crippen LogP contribution < -0.4 is 5.32 Å². The van der Waals surface area contributed by atoms with Crippen LogP contribution in [0.1, 0.15) is 43.1 Å². The van der Waals surface area contributed by atoms with Crippen molar-refractivity contribution in [3.8, 4) is 0 Å². The van der Waals surface area contributed by atoms with E-state index in [1.54, 1.807) is 26.8 Å². The summed E-state index contributed by atoms with van der Waals surface area (Å²) in [4.78, 5) is 22.2. The molecule has 22 heavy (non-hydrogen) atoms. The summed E-state index contributed by atoms with van der Waals surface area (Å²) in [5.74, 6) is -2.08. The molecule has 0 aliphatic rings. The van der Waals surface area contributed by atoms with Crippen LogP contribution in [-0.4, -0.2) is 29.3 Å². The van der Waals surface area contributed by atoms with E-state index in [0.717, 1.165) is 0 Å². The van der Waals surface area contributed by atoms with Gasteiger partial charge in [-0.1, -0.05) is 24.3 Å². The van der Waals surface area contributed by atoms with E-state index in [9.17, 15) is 14.0 Å². The first-order valence-electron chi connectivity index (χ1n) is 6.86. The first-order chi connectivity index (χ1) is 10.2. The van der Waals surface area contributed by atoms with Gasteiger partial charge in [-0.15, -0.1) is 0 Å². The Morgan fingerprint density at radius 3 is 2.64 bits per heavy atom. The minimum Gasteiger partial charge on any atom is -0.478 e. The van der Waals surface area contributed by atoms with E-state index in [1.807, 2.05) is 0 Å². The molecule has 2 N–H and O–H groups in total. The summed E-state index contributed by atoms with van der Waals surface area (Å²) in [6, 6.07) is 4.17. The Labute approximate surface area is 128 Å². The summed E-state index contributed by atoms with van der Waals surface area (Å²) >= 11 is 0. The summed E-state index contributed by atoms with van der Waals surface area (Å²) < 4.78 is 18.9. The predicted octanol–water partition coefficient (Wildman–Crippen LogP) is 3.45. The molecule has 6 heteroatoms. The Kier molecular flexibility index (Phi) is 6.10. The van der Waals surface area contributed by atoms with Crippen LogP contribution in [0, 0.1) is 5.82 Å². The van der Waals surface area contributed by atoms with E-state index in [4.69, 9.17) is 9.84 Å².